The number of nitrogens with zero attached hydrogens (tertiary/aromatic N) is 2. The van der Waals surface area contributed by atoms with Crippen molar-refractivity contribution in [3.8, 4) is 5.75 Å². The van der Waals surface area contributed by atoms with E-state index in [9.17, 15) is 22.8 Å². The van der Waals surface area contributed by atoms with Crippen LogP contribution in [-0.2, 0) is 24.0 Å². The molecule has 2 heterocycles. The van der Waals surface area contributed by atoms with Crippen LogP contribution in [0.15, 0.2) is 36.4 Å². The second-order valence-electron chi connectivity index (χ2n) is 9.68. The molecule has 0 radical (unpaired) electrons. The van der Waals surface area contributed by atoms with Crippen molar-refractivity contribution in [3.05, 3.63) is 64.2 Å². The number of amides is 2. The van der Waals surface area contributed by atoms with Gasteiger partial charge in [-0.2, -0.15) is 13.2 Å². The van der Waals surface area contributed by atoms with Gasteiger partial charge in [0.05, 0.1) is 12.7 Å². The van der Waals surface area contributed by atoms with Crippen LogP contribution in [-0.4, -0.2) is 47.6 Å². The molecule has 6 nitrogen and oxygen atoms in total. The number of methoxy groups -OCH3 is 1. The molecule has 0 unspecified atom stereocenters. The smallest absolute Gasteiger partial charge is 0.416 e. The van der Waals surface area contributed by atoms with Crippen molar-refractivity contribution in [2.45, 2.75) is 51.6 Å². The summed E-state index contributed by atoms with van der Waals surface area (Å²) in [5.41, 5.74) is -0.166. The molecule has 0 spiro atoms. The summed E-state index contributed by atoms with van der Waals surface area (Å²) >= 11 is 0. The number of carbonyl (C=O) groups is 2. The molecule has 2 aromatic rings. The molecule has 0 N–H and O–H groups in total. The SMILES string of the molecule is COc1ccc(CN2Cc3c(cc(C4CN(C(=O)OC(C)(C)C)C4)cc3C(F)(F)F)C2=O)cc1. The van der Waals surface area contributed by atoms with Gasteiger partial charge in [-0.15, -0.1) is 0 Å². The molecule has 2 aromatic carbocycles. The van der Waals surface area contributed by atoms with E-state index >= 15 is 0 Å². The third kappa shape index (κ3) is 4.83. The summed E-state index contributed by atoms with van der Waals surface area (Å²) in [5, 5.41) is 0. The number of benzene rings is 2. The van der Waals surface area contributed by atoms with Gasteiger partial charge in [0.1, 0.15) is 11.4 Å². The van der Waals surface area contributed by atoms with Gasteiger partial charge in [0.15, 0.2) is 0 Å². The molecule has 182 valence electrons. The van der Waals surface area contributed by atoms with E-state index in [4.69, 9.17) is 9.47 Å². The molecular formula is C25H27F3N2O4. The quantitative estimate of drug-likeness (QED) is 0.608. The fourth-order valence-electron chi connectivity index (χ4n) is 4.22. The van der Waals surface area contributed by atoms with E-state index in [0.717, 1.165) is 11.6 Å². The van der Waals surface area contributed by atoms with Crippen LogP contribution >= 0.6 is 0 Å². The normalized spacial score (nSPS) is 16.4. The molecule has 2 aliphatic rings. The number of hydrogen-bond acceptors (Lipinski definition) is 4. The lowest BCUT2D eigenvalue weighted by atomic mass is 9.87. The predicted molar refractivity (Wildman–Crippen MR) is 119 cm³/mol. The third-order valence-corrected chi connectivity index (χ3v) is 5.98. The Labute approximate surface area is 196 Å². The van der Waals surface area contributed by atoms with Crippen molar-refractivity contribution in [1.82, 2.24) is 9.80 Å². The van der Waals surface area contributed by atoms with Crippen molar-refractivity contribution in [2.24, 2.45) is 0 Å². The molecule has 2 amide bonds. The summed E-state index contributed by atoms with van der Waals surface area (Å²) in [7, 11) is 1.54. The maximum Gasteiger partial charge on any atom is 0.416 e. The van der Waals surface area contributed by atoms with Gasteiger partial charge in [-0.3, -0.25) is 4.79 Å². The van der Waals surface area contributed by atoms with Crippen LogP contribution in [0.2, 0.25) is 0 Å². The molecule has 0 saturated carbocycles. The summed E-state index contributed by atoms with van der Waals surface area (Å²) in [5.74, 6) is -0.0615. The van der Waals surface area contributed by atoms with Crippen molar-refractivity contribution >= 4 is 12.0 Å². The largest absolute Gasteiger partial charge is 0.497 e. The molecular weight excluding hydrogens is 449 g/mol. The predicted octanol–water partition coefficient (Wildman–Crippen LogP) is 5.20. The highest BCUT2D eigenvalue weighted by molar-refractivity contribution is 5.99. The highest BCUT2D eigenvalue weighted by atomic mass is 19.4. The van der Waals surface area contributed by atoms with Crippen molar-refractivity contribution in [3.63, 3.8) is 0 Å². The zero-order valence-electron chi connectivity index (χ0n) is 19.5. The van der Waals surface area contributed by atoms with Crippen LogP contribution in [0.3, 0.4) is 0 Å². The number of carbonyl (C=O) groups excluding carboxylic acids is 2. The Hall–Kier alpha value is -3.23. The van der Waals surface area contributed by atoms with E-state index in [2.05, 4.69) is 0 Å². The van der Waals surface area contributed by atoms with Gasteiger partial charge < -0.3 is 19.3 Å². The monoisotopic (exact) mass is 476 g/mol. The maximum atomic E-state index is 13.9. The first kappa shape index (κ1) is 23.9. The molecule has 0 bridgehead atoms. The van der Waals surface area contributed by atoms with E-state index in [0.29, 0.717) is 11.3 Å². The number of hydrogen-bond donors (Lipinski definition) is 0. The Morgan fingerprint density at radius 1 is 1.09 bits per heavy atom. The second kappa shape index (κ2) is 8.52. The highest BCUT2D eigenvalue weighted by Gasteiger charge is 2.42. The van der Waals surface area contributed by atoms with Gasteiger partial charge in [0, 0.05) is 37.7 Å². The Balaban J connectivity index is 1.55. The number of likely N-dealkylation sites (tertiary alicyclic amines) is 1. The summed E-state index contributed by atoms with van der Waals surface area (Å²) < 4.78 is 52.2. The van der Waals surface area contributed by atoms with E-state index in [1.807, 2.05) is 0 Å². The van der Waals surface area contributed by atoms with Gasteiger partial charge in [-0.25, -0.2) is 4.79 Å². The zero-order valence-corrected chi connectivity index (χ0v) is 19.5. The molecule has 0 atom stereocenters. The fourth-order valence-corrected chi connectivity index (χ4v) is 4.22. The molecule has 4 rings (SSSR count). The lowest BCUT2D eigenvalue weighted by Crippen LogP contribution is -2.50. The van der Waals surface area contributed by atoms with Crippen LogP contribution in [0.25, 0.3) is 0 Å². The number of halogens is 3. The number of rotatable bonds is 4. The van der Waals surface area contributed by atoms with Gasteiger partial charge in [-0.05, 0) is 61.7 Å². The number of fused-ring (bicyclic) bond motifs is 1. The number of alkyl halides is 3. The van der Waals surface area contributed by atoms with E-state index in [1.165, 1.54) is 9.80 Å². The minimum atomic E-state index is -4.59. The van der Waals surface area contributed by atoms with E-state index < -0.39 is 29.3 Å². The van der Waals surface area contributed by atoms with Gasteiger partial charge in [0.2, 0.25) is 0 Å². The highest BCUT2D eigenvalue weighted by Crippen LogP contribution is 2.41. The first-order valence-electron chi connectivity index (χ1n) is 11.0. The van der Waals surface area contributed by atoms with Crippen LogP contribution in [0.4, 0.5) is 18.0 Å². The van der Waals surface area contributed by atoms with Crippen LogP contribution in [0, 0.1) is 0 Å². The Morgan fingerprint density at radius 3 is 2.29 bits per heavy atom. The molecule has 2 aliphatic heterocycles. The Morgan fingerprint density at radius 2 is 1.74 bits per heavy atom. The number of ether oxygens (including phenoxy) is 2. The van der Waals surface area contributed by atoms with Gasteiger partial charge >= 0.3 is 12.3 Å². The first-order chi connectivity index (χ1) is 15.9. The van der Waals surface area contributed by atoms with Crippen LogP contribution < -0.4 is 4.74 Å². The molecule has 34 heavy (non-hydrogen) atoms. The second-order valence-corrected chi connectivity index (χ2v) is 9.68. The van der Waals surface area contributed by atoms with E-state index in [-0.39, 0.29) is 43.2 Å². The van der Waals surface area contributed by atoms with Crippen molar-refractivity contribution < 1.29 is 32.2 Å². The summed E-state index contributed by atoms with van der Waals surface area (Å²) in [4.78, 5) is 28.1. The zero-order chi connectivity index (χ0) is 24.8. The average Bonchev–Trinajstić information content (AvgIpc) is 3.00. The summed E-state index contributed by atoms with van der Waals surface area (Å²) in [6.07, 6.45) is -5.09. The minimum absolute atomic E-state index is 0.00177. The van der Waals surface area contributed by atoms with Gasteiger partial charge in [-0.1, -0.05) is 12.1 Å². The Bertz CT molecular complexity index is 1100. The standard InChI is InChI=1S/C25H27F3N2O4/c1-24(2,3)34-23(32)30-12-17(13-30)16-9-19-20(21(10-16)25(26,27)28)14-29(22(19)31)11-15-5-7-18(33-4)8-6-15/h5-10,17H,11-14H2,1-4H3. The van der Waals surface area contributed by atoms with Gasteiger partial charge in [0.25, 0.3) is 5.91 Å². The molecule has 0 aromatic heterocycles. The minimum Gasteiger partial charge on any atom is -0.497 e. The van der Waals surface area contributed by atoms with Crippen molar-refractivity contribution in [1.29, 1.82) is 0 Å². The molecule has 0 aliphatic carbocycles. The summed E-state index contributed by atoms with van der Waals surface area (Å²) in [6, 6.07) is 9.73. The van der Waals surface area contributed by atoms with Crippen LogP contribution in [0.1, 0.15) is 59.3 Å². The lowest BCUT2D eigenvalue weighted by molar-refractivity contribution is -0.138. The fraction of sp³-hybridized carbons (Fsp3) is 0.440. The van der Waals surface area contributed by atoms with Crippen LogP contribution in [0.5, 0.6) is 5.75 Å². The maximum absolute atomic E-state index is 13.9. The molecule has 9 heteroatoms. The molecule has 1 saturated heterocycles. The third-order valence-electron chi connectivity index (χ3n) is 5.98. The first-order valence-corrected chi connectivity index (χ1v) is 11.0. The van der Waals surface area contributed by atoms with E-state index in [1.54, 1.807) is 58.2 Å². The molecule has 1 fully saturated rings. The van der Waals surface area contributed by atoms with Crippen molar-refractivity contribution in [2.75, 3.05) is 20.2 Å². The summed E-state index contributed by atoms with van der Waals surface area (Å²) in [6.45, 7) is 5.83. The Kier molecular flexibility index (Phi) is 5.99. The topological polar surface area (TPSA) is 59.1 Å². The lowest BCUT2D eigenvalue weighted by Gasteiger charge is -2.40. The average molecular weight is 476 g/mol.